The van der Waals surface area contributed by atoms with Gasteiger partial charge in [-0.25, -0.2) is 17.6 Å². The van der Waals surface area contributed by atoms with Crippen LogP contribution in [0.2, 0.25) is 0 Å². The highest BCUT2D eigenvalue weighted by molar-refractivity contribution is 4.89. The van der Waals surface area contributed by atoms with Gasteiger partial charge in [-0.2, -0.15) is 0 Å². The molecule has 1 rings (SSSR count). The summed E-state index contributed by atoms with van der Waals surface area (Å²) in [5.41, 5.74) is 0. The van der Waals surface area contributed by atoms with E-state index in [1.54, 1.807) is 0 Å². The van der Waals surface area contributed by atoms with Crippen LogP contribution < -0.4 is 0 Å². The maximum Gasteiger partial charge on any atom is 0.228 e. The second-order valence-corrected chi connectivity index (χ2v) is 2.56. The minimum Gasteiger partial charge on any atom is -0.384 e. The summed E-state index contributed by atoms with van der Waals surface area (Å²) in [6.07, 6.45) is -11.0. The Hall–Kier alpha value is -0.360. The van der Waals surface area contributed by atoms with E-state index in [4.69, 9.17) is 5.11 Å². The standard InChI is InChI=1S/C6H8F4O2/c7-1-2-3(8)4(9)5(11)6(10)12-2/h2-6,11H,1H2. The van der Waals surface area contributed by atoms with E-state index in [0.717, 1.165) is 0 Å². The van der Waals surface area contributed by atoms with Crippen LogP contribution in [0.4, 0.5) is 17.6 Å². The van der Waals surface area contributed by atoms with Crippen LogP contribution in [-0.2, 0) is 4.74 Å². The minimum atomic E-state index is -2.42. The summed E-state index contributed by atoms with van der Waals surface area (Å²) in [7, 11) is 0. The lowest BCUT2D eigenvalue weighted by molar-refractivity contribution is -0.230. The number of aliphatic hydroxyl groups is 1. The highest BCUT2D eigenvalue weighted by Crippen LogP contribution is 2.26. The summed E-state index contributed by atoms with van der Waals surface area (Å²) in [6, 6.07) is 0. The first-order valence-corrected chi connectivity index (χ1v) is 3.39. The Labute approximate surface area is 66.1 Å². The van der Waals surface area contributed by atoms with Gasteiger partial charge in [-0.1, -0.05) is 0 Å². The van der Waals surface area contributed by atoms with Crippen LogP contribution in [0.25, 0.3) is 0 Å². The smallest absolute Gasteiger partial charge is 0.228 e. The average Bonchev–Trinajstić information content (AvgIpc) is 2.08. The Morgan fingerprint density at radius 2 is 1.75 bits per heavy atom. The van der Waals surface area contributed by atoms with Crippen LogP contribution >= 0.6 is 0 Å². The van der Waals surface area contributed by atoms with Gasteiger partial charge in [-0.15, -0.1) is 0 Å². The van der Waals surface area contributed by atoms with Gasteiger partial charge in [0.2, 0.25) is 6.36 Å². The van der Waals surface area contributed by atoms with Crippen molar-refractivity contribution >= 4 is 0 Å². The van der Waals surface area contributed by atoms with E-state index in [-0.39, 0.29) is 0 Å². The molecule has 0 radical (unpaired) electrons. The molecule has 1 aliphatic rings. The van der Waals surface area contributed by atoms with Gasteiger partial charge in [0.25, 0.3) is 0 Å². The number of alkyl halides is 4. The molecule has 0 aromatic carbocycles. The first kappa shape index (κ1) is 9.73. The van der Waals surface area contributed by atoms with Crippen molar-refractivity contribution in [3.63, 3.8) is 0 Å². The lowest BCUT2D eigenvalue weighted by Gasteiger charge is -2.33. The maximum atomic E-state index is 12.6. The third kappa shape index (κ3) is 1.54. The summed E-state index contributed by atoms with van der Waals surface area (Å²) < 4.78 is 53.4. The van der Waals surface area contributed by atoms with Gasteiger partial charge < -0.3 is 9.84 Å². The maximum absolute atomic E-state index is 12.6. The molecule has 0 amide bonds. The summed E-state index contributed by atoms with van der Waals surface area (Å²) in [5, 5.41) is 8.59. The second kappa shape index (κ2) is 3.57. The van der Waals surface area contributed by atoms with Crippen molar-refractivity contribution in [2.24, 2.45) is 0 Å². The number of hydrogen-bond acceptors (Lipinski definition) is 2. The highest BCUT2D eigenvalue weighted by atomic mass is 19.2. The number of ether oxygens (including phenoxy) is 1. The predicted octanol–water partition coefficient (Wildman–Crippen LogP) is 0.687. The first-order chi connectivity index (χ1) is 5.57. The van der Waals surface area contributed by atoms with Crippen molar-refractivity contribution in [3.05, 3.63) is 0 Å². The van der Waals surface area contributed by atoms with Crippen LogP contribution in [-0.4, -0.2) is 42.7 Å². The normalized spacial score (nSPS) is 49.2. The van der Waals surface area contributed by atoms with Crippen LogP contribution in [0.1, 0.15) is 0 Å². The summed E-state index contributed by atoms with van der Waals surface area (Å²) in [5.74, 6) is 0. The molecule has 6 heteroatoms. The Bertz CT molecular complexity index is 152. The van der Waals surface area contributed by atoms with Gasteiger partial charge >= 0.3 is 0 Å². The number of rotatable bonds is 1. The quantitative estimate of drug-likeness (QED) is 0.613. The largest absolute Gasteiger partial charge is 0.384 e. The van der Waals surface area contributed by atoms with Crippen LogP contribution in [0.5, 0.6) is 0 Å². The molecule has 1 N–H and O–H groups in total. The fourth-order valence-corrected chi connectivity index (χ4v) is 0.982. The van der Waals surface area contributed by atoms with Crippen molar-refractivity contribution < 1.29 is 27.4 Å². The molecule has 12 heavy (non-hydrogen) atoms. The lowest BCUT2D eigenvalue weighted by atomic mass is 10.0. The summed E-state index contributed by atoms with van der Waals surface area (Å²) >= 11 is 0. The third-order valence-corrected chi connectivity index (χ3v) is 1.71. The van der Waals surface area contributed by atoms with E-state index in [0.29, 0.717) is 0 Å². The molecule has 0 bridgehead atoms. The fraction of sp³-hybridized carbons (Fsp3) is 1.00. The third-order valence-electron chi connectivity index (χ3n) is 1.71. The Morgan fingerprint density at radius 1 is 1.17 bits per heavy atom. The average molecular weight is 188 g/mol. The Morgan fingerprint density at radius 3 is 2.25 bits per heavy atom. The Kier molecular flexibility index (Phi) is 2.89. The van der Waals surface area contributed by atoms with Gasteiger partial charge in [0.05, 0.1) is 0 Å². The Balaban J connectivity index is 2.63. The van der Waals surface area contributed by atoms with E-state index in [2.05, 4.69) is 4.74 Å². The van der Waals surface area contributed by atoms with E-state index in [1.807, 2.05) is 0 Å². The first-order valence-electron chi connectivity index (χ1n) is 3.39. The van der Waals surface area contributed by atoms with Crippen molar-refractivity contribution in [2.75, 3.05) is 6.67 Å². The molecule has 0 aromatic heterocycles. The van der Waals surface area contributed by atoms with Gasteiger partial charge in [-0.05, 0) is 0 Å². The van der Waals surface area contributed by atoms with Crippen LogP contribution in [0, 0.1) is 0 Å². The topological polar surface area (TPSA) is 29.5 Å². The molecule has 1 saturated heterocycles. The predicted molar refractivity (Wildman–Crippen MR) is 31.5 cm³/mol. The van der Waals surface area contributed by atoms with Gasteiger partial charge in [0, 0.05) is 0 Å². The van der Waals surface area contributed by atoms with Gasteiger partial charge in [0.15, 0.2) is 12.3 Å². The molecule has 1 fully saturated rings. The van der Waals surface area contributed by atoms with E-state index < -0.39 is 37.6 Å². The second-order valence-electron chi connectivity index (χ2n) is 2.56. The van der Waals surface area contributed by atoms with E-state index in [9.17, 15) is 17.6 Å². The SMILES string of the molecule is OC1C(F)OC(CF)C(F)C1F. The monoisotopic (exact) mass is 188 g/mol. The lowest BCUT2D eigenvalue weighted by Crippen LogP contribution is -2.53. The fourth-order valence-electron chi connectivity index (χ4n) is 0.982. The number of hydrogen-bond donors (Lipinski definition) is 1. The molecule has 5 atom stereocenters. The molecule has 5 unspecified atom stereocenters. The van der Waals surface area contributed by atoms with Crippen molar-refractivity contribution in [2.45, 2.75) is 30.9 Å². The molecule has 72 valence electrons. The summed E-state index contributed by atoms with van der Waals surface area (Å²) in [4.78, 5) is 0. The molecular weight excluding hydrogens is 180 g/mol. The van der Waals surface area contributed by atoms with Gasteiger partial charge in [-0.3, -0.25) is 0 Å². The number of halogens is 4. The molecule has 1 heterocycles. The molecule has 0 saturated carbocycles. The van der Waals surface area contributed by atoms with E-state index in [1.165, 1.54) is 0 Å². The van der Waals surface area contributed by atoms with Crippen molar-refractivity contribution in [1.29, 1.82) is 0 Å². The molecule has 0 spiro atoms. The zero-order valence-electron chi connectivity index (χ0n) is 5.96. The number of aliphatic hydroxyl groups excluding tert-OH is 1. The molecule has 1 aliphatic heterocycles. The van der Waals surface area contributed by atoms with E-state index >= 15 is 0 Å². The van der Waals surface area contributed by atoms with Crippen molar-refractivity contribution in [3.8, 4) is 0 Å². The zero-order valence-corrected chi connectivity index (χ0v) is 5.96. The highest BCUT2D eigenvalue weighted by Gasteiger charge is 2.46. The molecular formula is C6H8F4O2. The molecule has 0 aliphatic carbocycles. The minimum absolute atomic E-state index is 1.31. The zero-order chi connectivity index (χ0) is 9.30. The summed E-state index contributed by atoms with van der Waals surface area (Å²) in [6.45, 7) is -1.31. The molecule has 0 aromatic rings. The van der Waals surface area contributed by atoms with Crippen LogP contribution in [0.3, 0.4) is 0 Å². The molecule has 2 nitrogen and oxygen atoms in total. The van der Waals surface area contributed by atoms with Gasteiger partial charge in [0.1, 0.15) is 18.9 Å². The van der Waals surface area contributed by atoms with Crippen LogP contribution in [0.15, 0.2) is 0 Å². The van der Waals surface area contributed by atoms with Crippen molar-refractivity contribution in [1.82, 2.24) is 0 Å².